The summed E-state index contributed by atoms with van der Waals surface area (Å²) in [6.45, 7) is 3.85. The van der Waals surface area contributed by atoms with Crippen molar-refractivity contribution in [1.29, 1.82) is 0 Å². The zero-order valence-corrected chi connectivity index (χ0v) is 24.3. The molecule has 1 aliphatic rings. The summed E-state index contributed by atoms with van der Waals surface area (Å²) in [5.41, 5.74) is -4.47. The topological polar surface area (TPSA) is 105 Å². The summed E-state index contributed by atoms with van der Waals surface area (Å²) < 4.78 is 74.6. The molecule has 0 aliphatic heterocycles. The molecule has 1 unspecified atom stereocenters. The number of nitrogens with zero attached hydrogens (tertiary/aromatic N) is 2. The minimum Gasteiger partial charge on any atom is -0.494 e. The molecule has 3 N–H and O–H groups in total. The number of benzene rings is 2. The fourth-order valence-electron chi connectivity index (χ4n) is 5.15. The third-order valence-corrected chi connectivity index (χ3v) is 7.81. The summed E-state index contributed by atoms with van der Waals surface area (Å²) in [6.07, 6.45) is -3.46. The van der Waals surface area contributed by atoms with Gasteiger partial charge in [0.15, 0.2) is 5.82 Å². The van der Waals surface area contributed by atoms with Crippen LogP contribution in [0.15, 0.2) is 48.5 Å². The van der Waals surface area contributed by atoms with E-state index in [1.807, 2.05) is 0 Å². The zero-order chi connectivity index (χ0) is 32.2. The monoisotopic (exact) mass is 615 g/mol. The van der Waals surface area contributed by atoms with Crippen molar-refractivity contribution in [1.82, 2.24) is 15.3 Å². The molecular formula is C32H30F5N3O4. The highest BCUT2D eigenvalue weighted by Gasteiger charge is 2.47. The highest BCUT2D eigenvalue weighted by atomic mass is 19.4. The highest BCUT2D eigenvalue weighted by molar-refractivity contribution is 6.00. The maximum Gasteiger partial charge on any atom is 0.416 e. The summed E-state index contributed by atoms with van der Waals surface area (Å²) in [7, 11) is 1.36. The van der Waals surface area contributed by atoms with Gasteiger partial charge in [0.05, 0.1) is 30.5 Å². The van der Waals surface area contributed by atoms with Gasteiger partial charge < -0.3 is 20.3 Å². The van der Waals surface area contributed by atoms with Gasteiger partial charge >= 0.3 is 6.18 Å². The van der Waals surface area contributed by atoms with Crippen LogP contribution in [0.3, 0.4) is 0 Å². The average molecular weight is 616 g/mol. The molecule has 232 valence electrons. The predicted molar refractivity (Wildman–Crippen MR) is 152 cm³/mol. The van der Waals surface area contributed by atoms with Gasteiger partial charge in [-0.05, 0) is 75.9 Å². The Bertz CT molecular complexity index is 1750. The van der Waals surface area contributed by atoms with E-state index >= 15 is 4.39 Å². The van der Waals surface area contributed by atoms with Crippen molar-refractivity contribution in [3.8, 4) is 17.0 Å². The first-order valence-corrected chi connectivity index (χ1v) is 13.8. The van der Waals surface area contributed by atoms with E-state index in [1.165, 1.54) is 52.1 Å². The smallest absolute Gasteiger partial charge is 0.416 e. The van der Waals surface area contributed by atoms with E-state index < -0.39 is 40.6 Å². The molecule has 1 atom stereocenters. The molecule has 0 saturated heterocycles. The second-order valence-electron chi connectivity index (χ2n) is 11.6. The normalized spacial score (nSPS) is 15.2. The molecule has 0 spiro atoms. The first kappa shape index (κ1) is 31.3. The van der Waals surface area contributed by atoms with Crippen LogP contribution in [-0.4, -0.2) is 39.7 Å². The van der Waals surface area contributed by atoms with Crippen molar-refractivity contribution < 1.29 is 41.7 Å². The second-order valence-corrected chi connectivity index (χ2v) is 11.6. The lowest BCUT2D eigenvalue weighted by Crippen LogP contribution is -2.43. The molecule has 1 amide bonds. The number of ether oxygens (including phenoxy) is 1. The highest BCUT2D eigenvalue weighted by Crippen LogP contribution is 2.46. The van der Waals surface area contributed by atoms with Crippen LogP contribution < -0.4 is 10.1 Å². The number of aliphatic hydroxyl groups is 2. The number of nitrogens with one attached hydrogen (secondary N) is 1. The van der Waals surface area contributed by atoms with E-state index in [2.05, 4.69) is 15.3 Å². The van der Waals surface area contributed by atoms with E-state index in [0.29, 0.717) is 18.2 Å². The third kappa shape index (κ3) is 5.96. The van der Waals surface area contributed by atoms with Gasteiger partial charge in [-0.2, -0.15) is 17.6 Å². The van der Waals surface area contributed by atoms with Crippen molar-refractivity contribution in [3.05, 3.63) is 88.2 Å². The van der Waals surface area contributed by atoms with E-state index in [4.69, 9.17) is 4.74 Å². The van der Waals surface area contributed by atoms with Gasteiger partial charge in [-0.15, -0.1) is 0 Å². The fourth-order valence-corrected chi connectivity index (χ4v) is 5.15. The Balaban J connectivity index is 1.52. The summed E-state index contributed by atoms with van der Waals surface area (Å²) >= 11 is 0. The number of aryl methyl sites for hydroxylation is 1. The van der Waals surface area contributed by atoms with Crippen molar-refractivity contribution in [2.24, 2.45) is 5.92 Å². The van der Waals surface area contributed by atoms with Gasteiger partial charge in [0, 0.05) is 27.6 Å². The first-order chi connectivity index (χ1) is 20.5. The molecule has 0 radical (unpaired) electrons. The number of hydrogen-bond acceptors (Lipinski definition) is 6. The van der Waals surface area contributed by atoms with Crippen molar-refractivity contribution >= 4 is 16.8 Å². The van der Waals surface area contributed by atoms with Crippen molar-refractivity contribution in [3.63, 3.8) is 0 Å². The van der Waals surface area contributed by atoms with Crippen LogP contribution in [0.2, 0.25) is 0 Å². The number of carbonyl (C=O) groups excluding carboxylic acids is 1. The molecule has 7 nitrogen and oxygen atoms in total. The van der Waals surface area contributed by atoms with Crippen LogP contribution in [0, 0.1) is 24.6 Å². The largest absolute Gasteiger partial charge is 0.494 e. The van der Waals surface area contributed by atoms with Crippen LogP contribution >= 0.6 is 0 Å². The Kier molecular flexibility index (Phi) is 7.88. The summed E-state index contributed by atoms with van der Waals surface area (Å²) in [5.74, 6) is -2.43. The molecule has 1 aliphatic carbocycles. The maximum absolute atomic E-state index is 15.7. The number of methoxy groups -OCH3 is 1. The van der Waals surface area contributed by atoms with Gasteiger partial charge in [-0.1, -0.05) is 12.1 Å². The molecule has 12 heteroatoms. The minimum absolute atomic E-state index is 0.00799. The number of rotatable bonds is 8. The number of carbonyl (C=O) groups is 1. The quantitative estimate of drug-likeness (QED) is 0.162. The van der Waals surface area contributed by atoms with Gasteiger partial charge in [0.2, 0.25) is 5.95 Å². The van der Waals surface area contributed by atoms with E-state index in [-0.39, 0.29) is 57.4 Å². The number of pyridine rings is 2. The molecule has 2 aromatic heterocycles. The third-order valence-electron chi connectivity index (χ3n) is 7.81. The van der Waals surface area contributed by atoms with Gasteiger partial charge in [-0.3, -0.25) is 4.79 Å². The number of aromatic nitrogens is 2. The first-order valence-electron chi connectivity index (χ1n) is 13.8. The summed E-state index contributed by atoms with van der Waals surface area (Å²) in [5, 5.41) is 25.9. The molecule has 5 rings (SSSR count). The maximum atomic E-state index is 15.7. The van der Waals surface area contributed by atoms with Crippen LogP contribution in [0.5, 0.6) is 5.75 Å². The Morgan fingerprint density at radius 1 is 1.02 bits per heavy atom. The average Bonchev–Trinajstić information content (AvgIpc) is 3.81. The van der Waals surface area contributed by atoms with Crippen LogP contribution in [0.4, 0.5) is 22.0 Å². The Hall–Kier alpha value is -4.16. The van der Waals surface area contributed by atoms with Crippen LogP contribution in [0.25, 0.3) is 22.2 Å². The lowest BCUT2D eigenvalue weighted by atomic mass is 9.87. The van der Waals surface area contributed by atoms with E-state index in [9.17, 15) is 32.6 Å². The number of alkyl halides is 3. The Labute approximate surface area is 249 Å². The molecule has 44 heavy (non-hydrogen) atoms. The number of fused-ring (bicyclic) bond motifs is 1. The predicted octanol–water partition coefficient (Wildman–Crippen LogP) is 6.17. The number of amides is 1. The Morgan fingerprint density at radius 3 is 2.25 bits per heavy atom. The van der Waals surface area contributed by atoms with Gasteiger partial charge in [0.1, 0.15) is 22.6 Å². The molecule has 1 saturated carbocycles. The van der Waals surface area contributed by atoms with E-state index in [1.54, 1.807) is 0 Å². The molecule has 1 fully saturated rings. The van der Waals surface area contributed by atoms with Gasteiger partial charge in [0.25, 0.3) is 5.91 Å². The lowest BCUT2D eigenvalue weighted by Gasteiger charge is -2.31. The van der Waals surface area contributed by atoms with Crippen molar-refractivity contribution in [2.75, 3.05) is 13.7 Å². The number of halogens is 5. The summed E-state index contributed by atoms with van der Waals surface area (Å²) in [6, 6.07) is 9.37. The zero-order valence-electron chi connectivity index (χ0n) is 24.3. The molecule has 2 heterocycles. The Morgan fingerprint density at radius 2 is 1.68 bits per heavy atom. The van der Waals surface area contributed by atoms with E-state index in [0.717, 1.165) is 24.3 Å². The van der Waals surface area contributed by atoms with Crippen molar-refractivity contribution in [2.45, 2.75) is 51.0 Å². The molecule has 4 aromatic rings. The van der Waals surface area contributed by atoms with Crippen LogP contribution in [-0.2, 0) is 17.4 Å². The minimum atomic E-state index is -4.60. The SMILES string of the molecule is COc1cc(C(=O)NCC(O)(c2cc(C(C)(C)O)c(F)c(-c3ccc(C(F)(F)F)cc3)n2)C2CC2)cc2cc(C)c(F)nc12. The van der Waals surface area contributed by atoms with Gasteiger partial charge in [-0.25, -0.2) is 14.4 Å². The standard InChI is InChI=1S/C32H30F5N3O4/c1-16-11-18-12-19(13-23(44-4)26(18)40-28(16)34)29(41)38-15-31(43,20-9-10-20)24-14-22(30(2,3)42)25(33)27(39-24)17-5-7-21(8-6-17)32(35,36)37/h5-8,11-14,20,42-43H,9-10,15H2,1-4H3,(H,38,41). The fraction of sp³-hybridized carbons (Fsp3) is 0.344. The molecule has 2 aromatic carbocycles. The molecule has 0 bridgehead atoms. The van der Waals surface area contributed by atoms with Crippen LogP contribution in [0.1, 0.15) is 59.4 Å². The summed E-state index contributed by atoms with van der Waals surface area (Å²) in [4.78, 5) is 21.6. The number of hydrogen-bond donors (Lipinski definition) is 3. The molecular weight excluding hydrogens is 585 g/mol. The lowest BCUT2D eigenvalue weighted by molar-refractivity contribution is -0.137. The second kappa shape index (κ2) is 11.1.